The molecule has 2 aromatic carbocycles. The fourth-order valence-electron chi connectivity index (χ4n) is 1.89. The van der Waals surface area contributed by atoms with Crippen molar-refractivity contribution in [2.45, 2.75) is 0 Å². The summed E-state index contributed by atoms with van der Waals surface area (Å²) in [5.41, 5.74) is 7.03. The van der Waals surface area contributed by atoms with E-state index in [4.69, 9.17) is 5.73 Å². The minimum atomic E-state index is -0.472. The highest BCUT2D eigenvalue weighted by molar-refractivity contribution is 9.11. The Balaban J connectivity index is 2.20. The van der Waals surface area contributed by atoms with Crippen LogP contribution >= 0.6 is 31.9 Å². The molecule has 0 bridgehead atoms. The minimum absolute atomic E-state index is 0.0493. The van der Waals surface area contributed by atoms with Gasteiger partial charge in [-0.1, -0.05) is 6.07 Å². The topological polar surface area (TPSA) is 69.6 Å². The van der Waals surface area contributed by atoms with Crippen LogP contribution in [0.25, 0.3) is 17.1 Å². The molecule has 0 aliphatic heterocycles. The van der Waals surface area contributed by atoms with Crippen LogP contribution in [0.4, 0.5) is 10.1 Å². The largest absolute Gasteiger partial charge is 0.396 e. The van der Waals surface area contributed by atoms with Crippen LogP contribution < -0.4 is 5.73 Å². The summed E-state index contributed by atoms with van der Waals surface area (Å²) in [4.78, 5) is 0. The number of tetrazole rings is 1. The van der Waals surface area contributed by atoms with Gasteiger partial charge in [0.15, 0.2) is 5.82 Å². The lowest BCUT2D eigenvalue weighted by Crippen LogP contribution is -2.02. The summed E-state index contributed by atoms with van der Waals surface area (Å²) in [7, 11) is 0. The van der Waals surface area contributed by atoms with Crippen LogP contribution in [0.15, 0.2) is 45.3 Å². The van der Waals surface area contributed by atoms with Gasteiger partial charge in [-0.15, -0.1) is 5.10 Å². The zero-order chi connectivity index (χ0) is 15.0. The molecule has 0 atom stereocenters. The monoisotopic (exact) mass is 411 g/mol. The van der Waals surface area contributed by atoms with Crippen molar-refractivity contribution in [1.29, 1.82) is 0 Å². The number of aromatic nitrogens is 4. The van der Waals surface area contributed by atoms with Gasteiger partial charge in [-0.3, -0.25) is 0 Å². The maximum atomic E-state index is 13.3. The van der Waals surface area contributed by atoms with Crippen molar-refractivity contribution in [3.8, 4) is 17.1 Å². The highest BCUT2D eigenvalue weighted by Gasteiger charge is 2.16. The predicted molar refractivity (Wildman–Crippen MR) is 84.4 cm³/mol. The summed E-state index contributed by atoms with van der Waals surface area (Å²) >= 11 is 6.94. The maximum absolute atomic E-state index is 13.3. The molecular weight excluding hydrogens is 405 g/mol. The van der Waals surface area contributed by atoms with E-state index < -0.39 is 5.82 Å². The van der Waals surface area contributed by atoms with E-state index in [0.717, 1.165) is 14.6 Å². The number of para-hydroxylation sites is 1. The lowest BCUT2D eigenvalue weighted by Gasteiger charge is -2.09. The van der Waals surface area contributed by atoms with Crippen molar-refractivity contribution in [3.63, 3.8) is 0 Å². The SMILES string of the molecule is Nc1cc(-c2nnnn2-c2c(Br)cccc2Br)ccc1F. The molecule has 0 unspecified atom stereocenters. The smallest absolute Gasteiger partial charge is 0.187 e. The van der Waals surface area contributed by atoms with E-state index in [2.05, 4.69) is 47.4 Å². The number of benzene rings is 2. The number of hydrogen-bond acceptors (Lipinski definition) is 4. The summed E-state index contributed by atoms with van der Waals surface area (Å²) < 4.78 is 16.5. The third kappa shape index (κ3) is 2.56. The van der Waals surface area contributed by atoms with Crippen LogP contribution in [0, 0.1) is 5.82 Å². The average molecular weight is 413 g/mol. The Morgan fingerprint density at radius 2 is 1.81 bits per heavy atom. The standard InChI is InChI=1S/C13H8Br2FN5/c14-8-2-1-3-9(15)12(8)21-13(18-19-20-21)7-4-5-10(16)11(17)6-7/h1-6H,17H2. The molecule has 3 rings (SSSR count). The van der Waals surface area contributed by atoms with E-state index in [9.17, 15) is 4.39 Å². The summed E-state index contributed by atoms with van der Waals surface area (Å²) in [6, 6.07) is 10.0. The summed E-state index contributed by atoms with van der Waals surface area (Å²) in [5, 5.41) is 11.7. The van der Waals surface area contributed by atoms with Crippen molar-refractivity contribution in [2.75, 3.05) is 5.73 Å². The maximum Gasteiger partial charge on any atom is 0.187 e. The fraction of sp³-hybridized carbons (Fsp3) is 0. The number of nitrogens with two attached hydrogens (primary N) is 1. The molecule has 3 aromatic rings. The first-order valence-electron chi connectivity index (χ1n) is 5.86. The zero-order valence-corrected chi connectivity index (χ0v) is 13.6. The second-order valence-electron chi connectivity index (χ2n) is 4.22. The van der Waals surface area contributed by atoms with Crippen LogP contribution in [-0.2, 0) is 0 Å². The predicted octanol–water partition coefficient (Wildman–Crippen LogP) is 3.58. The Hall–Kier alpha value is -1.80. The van der Waals surface area contributed by atoms with Crippen molar-refractivity contribution < 1.29 is 4.39 Å². The molecule has 2 N–H and O–H groups in total. The van der Waals surface area contributed by atoms with E-state index >= 15 is 0 Å². The quantitative estimate of drug-likeness (QED) is 0.653. The van der Waals surface area contributed by atoms with Gasteiger partial charge >= 0.3 is 0 Å². The van der Waals surface area contributed by atoms with E-state index in [0.29, 0.717) is 11.4 Å². The van der Waals surface area contributed by atoms with Gasteiger partial charge in [-0.2, -0.15) is 4.68 Å². The highest BCUT2D eigenvalue weighted by Crippen LogP contribution is 2.31. The van der Waals surface area contributed by atoms with Gasteiger partial charge in [-0.05, 0) is 72.6 Å². The van der Waals surface area contributed by atoms with Crippen LogP contribution in [0.1, 0.15) is 0 Å². The van der Waals surface area contributed by atoms with Gasteiger partial charge < -0.3 is 5.73 Å². The van der Waals surface area contributed by atoms with Gasteiger partial charge in [0.25, 0.3) is 0 Å². The third-order valence-electron chi connectivity index (χ3n) is 2.87. The van der Waals surface area contributed by atoms with Crippen LogP contribution in [0.5, 0.6) is 0 Å². The molecule has 0 aliphatic carbocycles. The van der Waals surface area contributed by atoms with Gasteiger partial charge in [0.2, 0.25) is 0 Å². The van der Waals surface area contributed by atoms with Gasteiger partial charge in [0.05, 0.1) is 11.4 Å². The molecule has 5 nitrogen and oxygen atoms in total. The Kier molecular flexibility index (Phi) is 3.73. The van der Waals surface area contributed by atoms with E-state index in [-0.39, 0.29) is 5.69 Å². The number of nitrogen functional groups attached to an aromatic ring is 1. The summed E-state index contributed by atoms with van der Waals surface area (Å²) in [6.07, 6.45) is 0. The molecule has 0 aliphatic rings. The minimum Gasteiger partial charge on any atom is -0.396 e. The van der Waals surface area contributed by atoms with Crippen LogP contribution in [0.2, 0.25) is 0 Å². The first-order valence-corrected chi connectivity index (χ1v) is 7.44. The number of nitrogens with zero attached hydrogens (tertiary/aromatic N) is 4. The Labute approximate surface area is 136 Å². The average Bonchev–Trinajstić information content (AvgIpc) is 2.91. The molecule has 106 valence electrons. The fourth-order valence-corrected chi connectivity index (χ4v) is 3.23. The van der Waals surface area contributed by atoms with E-state index in [1.54, 1.807) is 10.7 Å². The van der Waals surface area contributed by atoms with Gasteiger partial charge in [0, 0.05) is 14.5 Å². The molecule has 0 amide bonds. The van der Waals surface area contributed by atoms with E-state index in [1.165, 1.54) is 12.1 Å². The molecule has 0 spiro atoms. The lowest BCUT2D eigenvalue weighted by atomic mass is 10.2. The molecule has 0 saturated carbocycles. The Bertz CT molecular complexity index is 798. The second-order valence-corrected chi connectivity index (χ2v) is 5.93. The molecule has 0 saturated heterocycles. The first-order chi connectivity index (χ1) is 10.1. The van der Waals surface area contributed by atoms with Crippen LogP contribution in [-0.4, -0.2) is 20.2 Å². The number of hydrogen-bond donors (Lipinski definition) is 1. The molecular formula is C13H8Br2FN5. The van der Waals surface area contributed by atoms with Crippen molar-refractivity contribution >= 4 is 37.5 Å². The molecule has 21 heavy (non-hydrogen) atoms. The molecule has 1 aromatic heterocycles. The molecule has 0 radical (unpaired) electrons. The second kappa shape index (κ2) is 5.53. The highest BCUT2D eigenvalue weighted by atomic mass is 79.9. The van der Waals surface area contributed by atoms with E-state index in [1.807, 2.05) is 18.2 Å². The molecule has 1 heterocycles. The number of halogens is 3. The van der Waals surface area contributed by atoms with Crippen molar-refractivity contribution in [2.24, 2.45) is 0 Å². The molecule has 0 fully saturated rings. The summed E-state index contributed by atoms with van der Waals surface area (Å²) in [5.74, 6) is -0.00542. The Morgan fingerprint density at radius 3 is 2.48 bits per heavy atom. The lowest BCUT2D eigenvalue weighted by molar-refractivity contribution is 0.632. The number of rotatable bonds is 2. The zero-order valence-electron chi connectivity index (χ0n) is 10.5. The van der Waals surface area contributed by atoms with Gasteiger partial charge in [-0.25, -0.2) is 4.39 Å². The molecule has 8 heteroatoms. The third-order valence-corrected chi connectivity index (χ3v) is 4.15. The van der Waals surface area contributed by atoms with Crippen molar-refractivity contribution in [1.82, 2.24) is 20.2 Å². The van der Waals surface area contributed by atoms with Crippen LogP contribution in [0.3, 0.4) is 0 Å². The number of anilines is 1. The summed E-state index contributed by atoms with van der Waals surface area (Å²) in [6.45, 7) is 0. The Morgan fingerprint density at radius 1 is 1.10 bits per heavy atom. The van der Waals surface area contributed by atoms with Gasteiger partial charge in [0.1, 0.15) is 5.82 Å². The normalized spacial score (nSPS) is 10.8. The first kappa shape index (κ1) is 14.2. The van der Waals surface area contributed by atoms with Crippen molar-refractivity contribution in [3.05, 3.63) is 51.2 Å².